The summed E-state index contributed by atoms with van der Waals surface area (Å²) >= 11 is 0. The van der Waals surface area contributed by atoms with E-state index in [1.165, 1.54) is 6.07 Å². The van der Waals surface area contributed by atoms with Crippen LogP contribution in [0.3, 0.4) is 0 Å². The van der Waals surface area contributed by atoms with Crippen LogP contribution in [0.1, 0.15) is 11.1 Å². The number of hydrogen-bond donors (Lipinski definition) is 1. The second-order valence-corrected chi connectivity index (χ2v) is 7.44. The number of benzene rings is 1. The predicted molar refractivity (Wildman–Crippen MR) is 105 cm³/mol. The zero-order valence-corrected chi connectivity index (χ0v) is 16.6. The highest BCUT2D eigenvalue weighted by Gasteiger charge is 2.27. The Morgan fingerprint density at radius 1 is 1.27 bits per heavy atom. The first kappa shape index (κ1) is 20.7. The minimum absolute atomic E-state index is 0.149. The summed E-state index contributed by atoms with van der Waals surface area (Å²) in [4.78, 5) is 12.6. The Hall–Kier alpha value is -2.52. The molecule has 1 atom stereocenters. The van der Waals surface area contributed by atoms with Crippen LogP contribution in [0.2, 0.25) is 0 Å². The Bertz CT molecular complexity index is 981. The second-order valence-electron chi connectivity index (χ2n) is 7.44. The Labute approximate surface area is 171 Å². The van der Waals surface area contributed by atoms with E-state index in [2.05, 4.69) is 5.32 Å². The minimum Gasteiger partial charge on any atom is -0.476 e. The van der Waals surface area contributed by atoms with Crippen LogP contribution in [0, 0.1) is 6.92 Å². The van der Waals surface area contributed by atoms with Crippen molar-refractivity contribution in [2.45, 2.75) is 32.2 Å². The summed E-state index contributed by atoms with van der Waals surface area (Å²) in [5.74, 6) is 0.458. The lowest BCUT2D eigenvalue weighted by atomic mass is 9.94. The predicted octanol–water partition coefficient (Wildman–Crippen LogP) is 3.15. The van der Waals surface area contributed by atoms with Gasteiger partial charge in [0.15, 0.2) is 11.3 Å². The van der Waals surface area contributed by atoms with Crippen LogP contribution >= 0.6 is 0 Å². The molecule has 0 bridgehead atoms. The number of rotatable bonds is 5. The Kier molecular flexibility index (Phi) is 5.75. The van der Waals surface area contributed by atoms with E-state index in [1.807, 2.05) is 4.57 Å². The molecule has 3 heterocycles. The quantitative estimate of drug-likeness (QED) is 0.799. The van der Waals surface area contributed by atoms with E-state index >= 15 is 0 Å². The number of alkyl halides is 3. The molecule has 2 aromatic rings. The number of hydrogen-bond acceptors (Lipinski definition) is 5. The smallest absolute Gasteiger partial charge is 0.405 e. The van der Waals surface area contributed by atoms with Crippen LogP contribution in [0.5, 0.6) is 5.88 Å². The summed E-state index contributed by atoms with van der Waals surface area (Å²) in [6.45, 7) is 3.01. The fourth-order valence-corrected chi connectivity index (χ4v) is 3.80. The number of nitrogens with zero attached hydrogens (tertiary/aromatic N) is 1. The summed E-state index contributed by atoms with van der Waals surface area (Å²) in [5.41, 5.74) is 3.30. The van der Waals surface area contributed by atoms with Crippen molar-refractivity contribution in [1.82, 2.24) is 4.57 Å². The van der Waals surface area contributed by atoms with Crippen LogP contribution in [0.4, 0.5) is 18.9 Å². The molecule has 0 unspecified atom stereocenters. The molecule has 2 aliphatic rings. The van der Waals surface area contributed by atoms with Gasteiger partial charge in [-0.25, -0.2) is 0 Å². The van der Waals surface area contributed by atoms with Crippen LogP contribution < -0.4 is 15.5 Å². The van der Waals surface area contributed by atoms with Gasteiger partial charge in [-0.05, 0) is 31.0 Å². The fraction of sp³-hybridized carbons (Fsp3) is 0.476. The fourth-order valence-electron chi connectivity index (χ4n) is 3.80. The summed E-state index contributed by atoms with van der Waals surface area (Å²) in [7, 11) is 0. The van der Waals surface area contributed by atoms with E-state index in [4.69, 9.17) is 14.2 Å². The summed E-state index contributed by atoms with van der Waals surface area (Å²) < 4.78 is 56.3. The molecule has 1 aromatic carbocycles. The maximum absolute atomic E-state index is 12.6. The molecular formula is C21H23F3N2O4. The van der Waals surface area contributed by atoms with Crippen molar-refractivity contribution in [3.63, 3.8) is 0 Å². The molecule has 4 rings (SSSR count). The van der Waals surface area contributed by atoms with Crippen LogP contribution in [-0.4, -0.2) is 49.8 Å². The molecule has 2 aliphatic heterocycles. The molecule has 0 saturated carbocycles. The number of ether oxygens (including phenoxy) is 3. The van der Waals surface area contributed by atoms with E-state index in [9.17, 15) is 18.0 Å². The number of fused-ring (bicyclic) bond motifs is 3. The van der Waals surface area contributed by atoms with Crippen LogP contribution in [0.15, 0.2) is 29.1 Å². The first-order valence-electron chi connectivity index (χ1n) is 9.82. The number of halogens is 3. The van der Waals surface area contributed by atoms with Gasteiger partial charge in [0.1, 0.15) is 19.3 Å². The average Bonchev–Trinajstić information content (AvgIpc) is 2.73. The largest absolute Gasteiger partial charge is 0.476 e. The molecule has 0 spiro atoms. The Morgan fingerprint density at radius 3 is 2.83 bits per heavy atom. The molecule has 0 amide bonds. The Morgan fingerprint density at radius 2 is 2.10 bits per heavy atom. The first-order chi connectivity index (χ1) is 14.3. The van der Waals surface area contributed by atoms with Crippen molar-refractivity contribution < 1.29 is 27.4 Å². The monoisotopic (exact) mass is 424 g/mol. The highest BCUT2D eigenvalue weighted by molar-refractivity contribution is 5.72. The van der Waals surface area contributed by atoms with E-state index in [0.29, 0.717) is 49.9 Å². The lowest BCUT2D eigenvalue weighted by Crippen LogP contribution is -2.34. The van der Waals surface area contributed by atoms with Gasteiger partial charge in [-0.2, -0.15) is 13.2 Å². The third-order valence-electron chi connectivity index (χ3n) is 5.28. The van der Waals surface area contributed by atoms with Crippen LogP contribution in [0.25, 0.3) is 11.3 Å². The van der Waals surface area contributed by atoms with Gasteiger partial charge in [0.05, 0.1) is 25.5 Å². The number of aromatic nitrogens is 1. The van der Waals surface area contributed by atoms with Gasteiger partial charge in [0, 0.05) is 29.4 Å². The number of aryl methyl sites for hydroxylation is 1. The minimum atomic E-state index is -4.29. The van der Waals surface area contributed by atoms with Crippen molar-refractivity contribution >= 4 is 5.69 Å². The van der Waals surface area contributed by atoms with E-state index in [-0.39, 0.29) is 18.1 Å². The maximum Gasteiger partial charge on any atom is 0.405 e. The van der Waals surface area contributed by atoms with E-state index in [1.54, 1.807) is 25.1 Å². The third-order valence-corrected chi connectivity index (χ3v) is 5.28. The van der Waals surface area contributed by atoms with Gasteiger partial charge in [-0.3, -0.25) is 4.79 Å². The Balaban J connectivity index is 1.61. The first-order valence-corrected chi connectivity index (χ1v) is 9.82. The molecule has 6 nitrogen and oxygen atoms in total. The lowest BCUT2D eigenvalue weighted by molar-refractivity contribution is -0.115. The number of nitrogens with one attached hydrogen (secondary N) is 1. The van der Waals surface area contributed by atoms with Gasteiger partial charge in [0.2, 0.25) is 0 Å². The van der Waals surface area contributed by atoms with E-state index in [0.717, 1.165) is 16.8 Å². The van der Waals surface area contributed by atoms with Crippen LogP contribution in [-0.2, 0) is 22.4 Å². The zero-order valence-electron chi connectivity index (χ0n) is 16.6. The molecule has 0 radical (unpaired) electrons. The van der Waals surface area contributed by atoms with Crippen molar-refractivity contribution in [2.75, 3.05) is 38.3 Å². The second kappa shape index (κ2) is 8.31. The van der Waals surface area contributed by atoms with Crippen molar-refractivity contribution in [3.05, 3.63) is 45.6 Å². The summed E-state index contributed by atoms with van der Waals surface area (Å²) in [5, 5.41) is 2.41. The molecule has 1 aromatic heterocycles. The van der Waals surface area contributed by atoms with Gasteiger partial charge in [-0.15, -0.1) is 0 Å². The van der Waals surface area contributed by atoms with Gasteiger partial charge in [-0.1, -0.05) is 6.07 Å². The normalized spacial score (nSPS) is 18.5. The van der Waals surface area contributed by atoms with Crippen molar-refractivity contribution in [2.24, 2.45) is 0 Å². The average molecular weight is 424 g/mol. The molecule has 1 saturated heterocycles. The molecule has 1 N–H and O–H groups in total. The molecule has 9 heteroatoms. The SMILES string of the molecule is Cc1c2n(c(OC[C@@H]3COCCO3)cc1=O)CCc1cc(NCC(F)(F)F)ccc1-2. The maximum atomic E-state index is 12.6. The zero-order chi connectivity index (χ0) is 21.3. The molecule has 0 aliphatic carbocycles. The third kappa shape index (κ3) is 4.46. The standard InChI is InChI=1S/C21H23F3N2O4/c1-13-18(27)9-19(30-11-16-10-28-6-7-29-16)26-5-4-14-8-15(25-12-21(22,23)24)2-3-17(14)20(13)26/h2-3,8-9,16,25H,4-7,10-12H2,1H3/t16-/m0/s1. The molecule has 162 valence electrons. The van der Waals surface area contributed by atoms with Crippen molar-refractivity contribution in [3.8, 4) is 17.1 Å². The molecule has 30 heavy (non-hydrogen) atoms. The topological polar surface area (TPSA) is 61.7 Å². The number of anilines is 1. The van der Waals surface area contributed by atoms with Gasteiger partial charge in [0.25, 0.3) is 0 Å². The summed E-state index contributed by atoms with van der Waals surface area (Å²) in [6.07, 6.45) is -3.86. The van der Waals surface area contributed by atoms with Crippen molar-refractivity contribution in [1.29, 1.82) is 0 Å². The van der Waals surface area contributed by atoms with Gasteiger partial charge >= 0.3 is 6.18 Å². The number of pyridine rings is 1. The van der Waals surface area contributed by atoms with E-state index < -0.39 is 12.7 Å². The van der Waals surface area contributed by atoms with Gasteiger partial charge < -0.3 is 24.1 Å². The molecular weight excluding hydrogens is 401 g/mol. The lowest BCUT2D eigenvalue weighted by Gasteiger charge is -2.28. The summed E-state index contributed by atoms with van der Waals surface area (Å²) in [6, 6.07) is 6.56. The highest BCUT2D eigenvalue weighted by atomic mass is 19.4. The molecule has 1 fully saturated rings. The highest BCUT2D eigenvalue weighted by Crippen LogP contribution is 2.35.